The SMILES string of the molecule is CCNCc1[nH]c(C(=O)OC)c(Br)c1-c1ccc(CO)c(CO)c1CO. The highest BCUT2D eigenvalue weighted by atomic mass is 79.9. The van der Waals surface area contributed by atoms with E-state index in [1.54, 1.807) is 12.1 Å². The van der Waals surface area contributed by atoms with Crippen molar-refractivity contribution in [3.8, 4) is 11.1 Å². The van der Waals surface area contributed by atoms with Gasteiger partial charge in [0, 0.05) is 17.8 Å². The molecule has 0 aliphatic carbocycles. The van der Waals surface area contributed by atoms with Gasteiger partial charge in [0.15, 0.2) is 0 Å². The van der Waals surface area contributed by atoms with Gasteiger partial charge in [0.05, 0.1) is 31.4 Å². The van der Waals surface area contributed by atoms with E-state index in [4.69, 9.17) is 4.74 Å². The van der Waals surface area contributed by atoms with E-state index in [0.717, 1.165) is 12.2 Å². The quantitative estimate of drug-likeness (QED) is 0.411. The van der Waals surface area contributed by atoms with Crippen LogP contribution in [0.5, 0.6) is 0 Å². The average Bonchev–Trinajstić information content (AvgIpc) is 3.00. The van der Waals surface area contributed by atoms with Gasteiger partial charge in [-0.15, -0.1) is 0 Å². The minimum absolute atomic E-state index is 0.241. The second kappa shape index (κ2) is 9.29. The Morgan fingerprint density at radius 3 is 2.42 bits per heavy atom. The first-order valence-electron chi connectivity index (χ1n) is 8.19. The van der Waals surface area contributed by atoms with Gasteiger partial charge in [-0.2, -0.15) is 0 Å². The predicted molar refractivity (Wildman–Crippen MR) is 100 cm³/mol. The van der Waals surface area contributed by atoms with Crippen LogP contribution in [0.15, 0.2) is 16.6 Å². The maximum Gasteiger partial charge on any atom is 0.355 e. The number of aromatic nitrogens is 1. The van der Waals surface area contributed by atoms with Crippen LogP contribution in [0.3, 0.4) is 0 Å². The standard InChI is InChI=1S/C18H23BrN2O5/c1-3-20-6-14-15(16(19)17(21-14)18(25)26-2)11-5-4-10(7-22)12(8-23)13(11)9-24/h4-5,20-24H,3,6-9H2,1-2H3. The number of methoxy groups -OCH3 is 1. The number of carbonyl (C=O) groups is 1. The molecule has 5 N–H and O–H groups in total. The average molecular weight is 427 g/mol. The number of hydrogen-bond acceptors (Lipinski definition) is 6. The Bertz CT molecular complexity index is 788. The summed E-state index contributed by atoms with van der Waals surface area (Å²) in [6.07, 6.45) is 0. The van der Waals surface area contributed by atoms with Gasteiger partial charge in [-0.05, 0) is 44.7 Å². The summed E-state index contributed by atoms with van der Waals surface area (Å²) in [6.45, 7) is 2.32. The summed E-state index contributed by atoms with van der Waals surface area (Å²) in [7, 11) is 1.30. The predicted octanol–water partition coefficient (Wildman–Crippen LogP) is 1.82. The summed E-state index contributed by atoms with van der Waals surface area (Å²) in [5.41, 5.74) is 3.93. The molecule has 0 fully saturated rings. The molecule has 2 rings (SSSR count). The molecule has 142 valence electrons. The monoisotopic (exact) mass is 426 g/mol. The van der Waals surface area contributed by atoms with Gasteiger partial charge in [0.1, 0.15) is 5.69 Å². The van der Waals surface area contributed by atoms with Crippen LogP contribution in [-0.4, -0.2) is 39.9 Å². The third-order valence-electron chi connectivity index (χ3n) is 4.24. The molecule has 0 spiro atoms. The molecule has 0 unspecified atom stereocenters. The van der Waals surface area contributed by atoms with Crippen molar-refractivity contribution in [2.45, 2.75) is 33.3 Å². The number of H-pyrrole nitrogens is 1. The van der Waals surface area contributed by atoms with Crippen molar-refractivity contribution in [3.63, 3.8) is 0 Å². The molecule has 1 aromatic heterocycles. The lowest BCUT2D eigenvalue weighted by molar-refractivity contribution is 0.0593. The van der Waals surface area contributed by atoms with E-state index >= 15 is 0 Å². The Balaban J connectivity index is 2.74. The van der Waals surface area contributed by atoms with E-state index in [2.05, 4.69) is 26.2 Å². The lowest BCUT2D eigenvalue weighted by Gasteiger charge is -2.16. The minimum atomic E-state index is -0.513. The first kappa shape index (κ1) is 20.6. The van der Waals surface area contributed by atoms with E-state index in [1.165, 1.54) is 7.11 Å². The van der Waals surface area contributed by atoms with E-state index in [0.29, 0.717) is 38.8 Å². The third-order valence-corrected chi connectivity index (χ3v) is 5.04. The maximum absolute atomic E-state index is 12.1. The molecular formula is C18H23BrN2O5. The Labute approximate surface area is 160 Å². The molecule has 0 amide bonds. The normalized spacial score (nSPS) is 11.0. The smallest absolute Gasteiger partial charge is 0.355 e. The highest BCUT2D eigenvalue weighted by Gasteiger charge is 2.24. The van der Waals surface area contributed by atoms with E-state index in [-0.39, 0.29) is 25.5 Å². The van der Waals surface area contributed by atoms with Gasteiger partial charge in [-0.3, -0.25) is 0 Å². The largest absolute Gasteiger partial charge is 0.464 e. The van der Waals surface area contributed by atoms with E-state index in [1.807, 2.05) is 6.92 Å². The van der Waals surface area contributed by atoms with Crippen molar-refractivity contribution >= 4 is 21.9 Å². The van der Waals surface area contributed by atoms with Gasteiger partial charge < -0.3 is 30.4 Å². The van der Waals surface area contributed by atoms with Gasteiger partial charge in [-0.25, -0.2) is 4.79 Å². The van der Waals surface area contributed by atoms with E-state index in [9.17, 15) is 20.1 Å². The molecule has 26 heavy (non-hydrogen) atoms. The minimum Gasteiger partial charge on any atom is -0.464 e. The Morgan fingerprint density at radius 1 is 1.19 bits per heavy atom. The summed E-state index contributed by atoms with van der Waals surface area (Å²) in [6, 6.07) is 3.47. The van der Waals surface area contributed by atoms with Crippen LogP contribution < -0.4 is 5.32 Å². The molecule has 0 aliphatic heterocycles. The van der Waals surface area contributed by atoms with Crippen LogP contribution in [0.2, 0.25) is 0 Å². The fourth-order valence-electron chi connectivity index (χ4n) is 2.93. The van der Waals surface area contributed by atoms with Gasteiger partial charge in [0.25, 0.3) is 0 Å². The summed E-state index contributed by atoms with van der Waals surface area (Å²) < 4.78 is 5.34. The van der Waals surface area contributed by atoms with Crippen LogP contribution in [0.1, 0.15) is 39.8 Å². The first-order chi connectivity index (χ1) is 12.5. The highest BCUT2D eigenvalue weighted by Crippen LogP contribution is 2.39. The zero-order valence-electron chi connectivity index (χ0n) is 14.7. The molecule has 1 heterocycles. The van der Waals surface area contributed by atoms with E-state index < -0.39 is 5.97 Å². The number of esters is 1. The second-order valence-electron chi connectivity index (χ2n) is 5.64. The van der Waals surface area contributed by atoms with Crippen LogP contribution in [0.25, 0.3) is 11.1 Å². The number of nitrogens with one attached hydrogen (secondary N) is 2. The number of ether oxygens (including phenoxy) is 1. The molecule has 8 heteroatoms. The molecule has 0 radical (unpaired) electrons. The van der Waals surface area contributed by atoms with Crippen molar-refractivity contribution in [3.05, 3.63) is 44.7 Å². The molecule has 0 aliphatic rings. The number of hydrogen-bond donors (Lipinski definition) is 5. The van der Waals surface area contributed by atoms with Crippen molar-refractivity contribution in [2.75, 3.05) is 13.7 Å². The Kier molecular flexibility index (Phi) is 7.36. The lowest BCUT2D eigenvalue weighted by atomic mass is 9.92. The van der Waals surface area contributed by atoms with Gasteiger partial charge in [-0.1, -0.05) is 19.1 Å². The van der Waals surface area contributed by atoms with Gasteiger partial charge >= 0.3 is 5.97 Å². The maximum atomic E-state index is 12.1. The zero-order valence-corrected chi connectivity index (χ0v) is 16.3. The molecule has 2 aromatic rings. The molecular weight excluding hydrogens is 404 g/mol. The van der Waals surface area contributed by atoms with Crippen LogP contribution >= 0.6 is 15.9 Å². The topological polar surface area (TPSA) is 115 Å². The van der Waals surface area contributed by atoms with Crippen molar-refractivity contribution in [1.82, 2.24) is 10.3 Å². The summed E-state index contributed by atoms with van der Waals surface area (Å²) in [4.78, 5) is 15.1. The first-order valence-corrected chi connectivity index (χ1v) is 8.99. The molecule has 0 atom stereocenters. The second-order valence-corrected chi connectivity index (χ2v) is 6.44. The number of rotatable bonds is 8. The van der Waals surface area contributed by atoms with Crippen molar-refractivity contribution in [1.29, 1.82) is 0 Å². The van der Waals surface area contributed by atoms with Crippen molar-refractivity contribution < 1.29 is 24.9 Å². The number of aliphatic hydroxyl groups excluding tert-OH is 3. The molecule has 0 saturated heterocycles. The fraction of sp³-hybridized carbons (Fsp3) is 0.389. The number of aromatic amines is 1. The Hall–Kier alpha value is -1.71. The summed E-state index contributed by atoms with van der Waals surface area (Å²) in [5.74, 6) is -0.513. The highest BCUT2D eigenvalue weighted by molar-refractivity contribution is 9.10. The lowest BCUT2D eigenvalue weighted by Crippen LogP contribution is -2.13. The molecule has 0 saturated carbocycles. The molecule has 0 bridgehead atoms. The summed E-state index contributed by atoms with van der Waals surface area (Å²) >= 11 is 3.46. The molecule has 1 aromatic carbocycles. The van der Waals surface area contributed by atoms with Crippen LogP contribution in [0.4, 0.5) is 0 Å². The number of halogens is 1. The summed E-state index contributed by atoms with van der Waals surface area (Å²) in [5, 5.41) is 32.3. The van der Waals surface area contributed by atoms with Crippen molar-refractivity contribution in [2.24, 2.45) is 0 Å². The Morgan fingerprint density at radius 2 is 1.88 bits per heavy atom. The number of benzene rings is 1. The van der Waals surface area contributed by atoms with Gasteiger partial charge in [0.2, 0.25) is 0 Å². The molecule has 7 nitrogen and oxygen atoms in total. The zero-order chi connectivity index (χ0) is 19.3. The number of aliphatic hydroxyl groups is 3. The van der Waals surface area contributed by atoms with Crippen LogP contribution in [-0.2, 0) is 31.1 Å². The number of carbonyl (C=O) groups excluding carboxylic acids is 1. The van der Waals surface area contributed by atoms with Crippen LogP contribution in [0, 0.1) is 0 Å². The fourth-order valence-corrected chi connectivity index (χ4v) is 3.65. The third kappa shape index (κ3) is 3.84.